The molecule has 0 heterocycles. The van der Waals surface area contributed by atoms with Gasteiger partial charge in [0.25, 0.3) is 0 Å². The summed E-state index contributed by atoms with van der Waals surface area (Å²) < 4.78 is 0. The molecule has 1 rings (SSSR count). The van der Waals surface area contributed by atoms with Crippen molar-refractivity contribution < 1.29 is 75.8 Å². The van der Waals surface area contributed by atoms with E-state index < -0.39 is 0 Å². The van der Waals surface area contributed by atoms with Crippen molar-refractivity contribution in [1.29, 1.82) is 0 Å². The maximum Gasteiger partial charge on any atom is 4.00 e. The summed E-state index contributed by atoms with van der Waals surface area (Å²) in [6, 6.07) is 0. The summed E-state index contributed by atoms with van der Waals surface area (Å²) >= 11 is 0. The molecule has 82 valence electrons. The van der Waals surface area contributed by atoms with Gasteiger partial charge in [0, 0.05) is 0 Å². The predicted octanol–water partition coefficient (Wildman–Crippen LogP) is -8.92. The molecule has 1 aliphatic carbocycles. The van der Waals surface area contributed by atoms with Crippen molar-refractivity contribution in [3.8, 4) is 0 Å². The largest absolute Gasteiger partial charge is 4.00 e. The zero-order chi connectivity index (χ0) is 6.53. The molecular formula is C9H14Cl4Zr. The van der Waals surface area contributed by atoms with E-state index in [2.05, 4.69) is 25.2 Å². The van der Waals surface area contributed by atoms with E-state index in [-0.39, 0.29) is 75.8 Å². The van der Waals surface area contributed by atoms with Gasteiger partial charge in [-0.1, -0.05) is 37.1 Å². The van der Waals surface area contributed by atoms with Crippen LogP contribution >= 0.6 is 0 Å². The smallest absolute Gasteiger partial charge is 1.00 e. The summed E-state index contributed by atoms with van der Waals surface area (Å²) in [7, 11) is 0. The molecule has 1 aliphatic rings. The Bertz CT molecular complexity index is 146. The van der Waals surface area contributed by atoms with E-state index in [1.165, 1.54) is 25.7 Å². The van der Waals surface area contributed by atoms with Crippen molar-refractivity contribution in [2.75, 3.05) is 0 Å². The fourth-order valence-corrected chi connectivity index (χ4v) is 1.08. The summed E-state index contributed by atoms with van der Waals surface area (Å²) in [6.45, 7) is 2.24. The number of hydrogen-bond donors (Lipinski definition) is 0. The minimum atomic E-state index is 0. The van der Waals surface area contributed by atoms with Crippen LogP contribution in [0.4, 0.5) is 0 Å². The van der Waals surface area contributed by atoms with Gasteiger partial charge >= 0.3 is 26.2 Å². The van der Waals surface area contributed by atoms with Gasteiger partial charge in [0.2, 0.25) is 0 Å². The van der Waals surface area contributed by atoms with Gasteiger partial charge in [0.1, 0.15) is 0 Å². The van der Waals surface area contributed by atoms with Gasteiger partial charge in [0.15, 0.2) is 0 Å². The van der Waals surface area contributed by atoms with Gasteiger partial charge in [-0.2, -0.15) is 0 Å². The van der Waals surface area contributed by atoms with Crippen molar-refractivity contribution in [2.45, 2.75) is 32.6 Å². The molecule has 0 saturated heterocycles. The average Bonchev–Trinajstić information content (AvgIpc) is 2.34. The zero-order valence-electron chi connectivity index (χ0n) is 8.07. The summed E-state index contributed by atoms with van der Waals surface area (Å²) in [5.74, 6) is 0. The van der Waals surface area contributed by atoms with Crippen LogP contribution in [0.1, 0.15) is 32.6 Å². The van der Waals surface area contributed by atoms with Crippen molar-refractivity contribution in [3.05, 3.63) is 23.8 Å². The number of hydrogen-bond acceptors (Lipinski definition) is 0. The number of unbranched alkanes of at least 4 members (excludes halogenated alkanes) is 1. The molecule has 0 aromatic heterocycles. The van der Waals surface area contributed by atoms with E-state index in [9.17, 15) is 0 Å². The van der Waals surface area contributed by atoms with Gasteiger partial charge in [-0.05, 0) is 19.3 Å². The fourth-order valence-electron chi connectivity index (χ4n) is 1.08. The first-order chi connectivity index (χ1) is 4.43. The van der Waals surface area contributed by atoms with Gasteiger partial charge < -0.3 is 49.6 Å². The summed E-state index contributed by atoms with van der Waals surface area (Å²) in [5, 5.41) is 0. The zero-order valence-corrected chi connectivity index (χ0v) is 13.6. The molecular weight excluding hydrogens is 341 g/mol. The van der Waals surface area contributed by atoms with Crippen molar-refractivity contribution in [3.63, 3.8) is 0 Å². The van der Waals surface area contributed by atoms with Crippen LogP contribution < -0.4 is 49.6 Å². The first-order valence-electron chi connectivity index (χ1n) is 3.78. The molecule has 14 heavy (non-hydrogen) atoms. The van der Waals surface area contributed by atoms with Gasteiger partial charge in [-0.15, -0.1) is 0 Å². The van der Waals surface area contributed by atoms with Crippen LogP contribution in [0.15, 0.2) is 23.8 Å². The Morgan fingerprint density at radius 1 is 1.14 bits per heavy atom. The van der Waals surface area contributed by atoms with E-state index in [0.717, 1.165) is 0 Å². The normalized spacial score (nSPS) is 10.5. The fraction of sp³-hybridized carbons (Fsp3) is 0.556. The molecule has 0 nitrogen and oxygen atoms in total. The molecule has 0 spiro atoms. The first-order valence-corrected chi connectivity index (χ1v) is 3.78. The van der Waals surface area contributed by atoms with Crippen LogP contribution in [-0.2, 0) is 26.2 Å². The molecule has 0 unspecified atom stereocenters. The van der Waals surface area contributed by atoms with Crippen LogP contribution in [0.5, 0.6) is 0 Å². The molecule has 0 atom stereocenters. The van der Waals surface area contributed by atoms with Crippen LogP contribution in [0, 0.1) is 0 Å². The maximum atomic E-state index is 2.25. The number of rotatable bonds is 3. The summed E-state index contributed by atoms with van der Waals surface area (Å²) in [6.07, 6.45) is 11.8. The average molecular weight is 355 g/mol. The van der Waals surface area contributed by atoms with Crippen molar-refractivity contribution in [1.82, 2.24) is 0 Å². The van der Waals surface area contributed by atoms with E-state index in [1.54, 1.807) is 5.57 Å². The van der Waals surface area contributed by atoms with Crippen LogP contribution in [-0.4, -0.2) is 0 Å². The Kier molecular flexibility index (Phi) is 42.2. The molecule has 0 bridgehead atoms. The summed E-state index contributed by atoms with van der Waals surface area (Å²) in [4.78, 5) is 0. The van der Waals surface area contributed by atoms with Gasteiger partial charge in [-0.25, -0.2) is 0 Å². The Morgan fingerprint density at radius 3 is 2.07 bits per heavy atom. The Labute approximate surface area is 131 Å². The van der Waals surface area contributed by atoms with Crippen LogP contribution in [0.2, 0.25) is 0 Å². The molecule has 0 aromatic rings. The Balaban J connectivity index is -0.0000000540. The molecule has 5 heteroatoms. The van der Waals surface area contributed by atoms with Gasteiger partial charge in [0.05, 0.1) is 0 Å². The second-order valence-electron chi connectivity index (χ2n) is 2.56. The molecule has 0 aliphatic heterocycles. The predicted molar refractivity (Wildman–Crippen MR) is 41.4 cm³/mol. The SMILES string of the molecule is CCCCC1=CC=CC1.[Cl-].[Cl-].[Cl-].[Cl-].[Zr+4]. The number of allylic oxidation sites excluding steroid dienone is 4. The minimum Gasteiger partial charge on any atom is -1.00 e. The molecule has 0 N–H and O–H groups in total. The minimum absolute atomic E-state index is 0. The molecule has 0 aromatic carbocycles. The van der Waals surface area contributed by atoms with Crippen molar-refractivity contribution in [2.24, 2.45) is 0 Å². The molecule has 0 fully saturated rings. The quantitative estimate of drug-likeness (QED) is 0.472. The van der Waals surface area contributed by atoms with Crippen molar-refractivity contribution >= 4 is 0 Å². The Morgan fingerprint density at radius 2 is 1.71 bits per heavy atom. The Hall–Kier alpha value is 1.52. The molecule has 0 amide bonds. The topological polar surface area (TPSA) is 0 Å². The second kappa shape index (κ2) is 20.0. The third-order valence-electron chi connectivity index (χ3n) is 1.70. The van der Waals surface area contributed by atoms with Crippen LogP contribution in [0.3, 0.4) is 0 Å². The van der Waals surface area contributed by atoms with Crippen LogP contribution in [0.25, 0.3) is 0 Å². The molecule has 0 radical (unpaired) electrons. The monoisotopic (exact) mass is 352 g/mol. The van der Waals surface area contributed by atoms with E-state index in [4.69, 9.17) is 0 Å². The summed E-state index contributed by atoms with van der Waals surface area (Å²) in [5.41, 5.74) is 1.61. The van der Waals surface area contributed by atoms with E-state index in [0.29, 0.717) is 0 Å². The van der Waals surface area contributed by atoms with Gasteiger partial charge in [-0.3, -0.25) is 0 Å². The maximum absolute atomic E-state index is 2.25. The third-order valence-corrected chi connectivity index (χ3v) is 1.70. The second-order valence-corrected chi connectivity index (χ2v) is 2.56. The van der Waals surface area contributed by atoms with E-state index >= 15 is 0 Å². The van der Waals surface area contributed by atoms with E-state index in [1.807, 2.05) is 0 Å². The third kappa shape index (κ3) is 13.5. The standard InChI is InChI=1S/C9H14.4ClH.Zr/c1-2-3-6-9-7-4-5-8-9;;;;;/h4-5,7H,2-3,6,8H2,1H3;4*1H;/q;;;;;+4/p-4. The molecule has 0 saturated carbocycles. The number of halogens is 4. The first kappa shape index (κ1) is 29.6.